The minimum atomic E-state index is -4.44. The number of rotatable bonds is 6. The number of ether oxygens (including phenoxy) is 1. The average molecular weight is 426 g/mol. The average Bonchev–Trinajstić information content (AvgIpc) is 2.95. The second-order valence-corrected chi connectivity index (χ2v) is 7.61. The molecule has 0 spiro atoms. The third-order valence-electron chi connectivity index (χ3n) is 3.53. The van der Waals surface area contributed by atoms with Crippen LogP contribution in [-0.2, 0) is 10.0 Å². The van der Waals surface area contributed by atoms with Gasteiger partial charge in [-0.3, -0.25) is 4.79 Å². The number of alkyl halides is 3. The molecule has 12 heteroatoms. The van der Waals surface area contributed by atoms with Gasteiger partial charge in [-0.05, 0) is 19.1 Å². The van der Waals surface area contributed by atoms with Gasteiger partial charge < -0.3 is 9.30 Å². The molecule has 0 saturated carbocycles. The van der Waals surface area contributed by atoms with Crippen LogP contribution < -0.4 is 9.46 Å². The smallest absolute Gasteiger partial charge is 0.391 e. The Labute approximate surface area is 158 Å². The fourth-order valence-corrected chi connectivity index (χ4v) is 3.57. The lowest BCUT2D eigenvalue weighted by Gasteiger charge is -2.16. The van der Waals surface area contributed by atoms with Crippen LogP contribution in [0.3, 0.4) is 0 Å². The number of sulfonamides is 1. The lowest BCUT2D eigenvalue weighted by Crippen LogP contribution is -2.31. The number of methoxy groups -OCH3 is 1. The number of hydrogen-bond acceptors (Lipinski definition) is 5. The highest BCUT2D eigenvalue weighted by Gasteiger charge is 2.32. The lowest BCUT2D eigenvalue weighted by atomic mass is 10.2. The van der Waals surface area contributed by atoms with E-state index < -0.39 is 45.4 Å². The molecule has 2 aromatic rings. The molecular weight excluding hydrogens is 411 g/mol. The molecule has 0 saturated heterocycles. The van der Waals surface area contributed by atoms with Gasteiger partial charge in [0.1, 0.15) is 10.9 Å². The number of aromatic nitrogens is 2. The Balaban J connectivity index is 2.23. The Kier molecular flexibility index (Phi) is 6.05. The molecule has 0 aliphatic rings. The van der Waals surface area contributed by atoms with E-state index in [1.807, 2.05) is 0 Å². The Bertz CT molecular complexity index is 944. The van der Waals surface area contributed by atoms with Gasteiger partial charge in [-0.15, -0.1) is 0 Å². The predicted molar refractivity (Wildman–Crippen MR) is 90.3 cm³/mol. The minimum absolute atomic E-state index is 0.240. The summed E-state index contributed by atoms with van der Waals surface area (Å²) in [6.07, 6.45) is -4.68. The second kappa shape index (κ2) is 7.77. The molecule has 1 N–H and O–H groups in total. The van der Waals surface area contributed by atoms with E-state index in [9.17, 15) is 26.4 Å². The molecule has 1 amide bonds. The second-order valence-electron chi connectivity index (χ2n) is 5.57. The maximum atomic E-state index is 12.5. The number of nitrogens with zero attached hydrogens (tertiary/aromatic N) is 2. The standard InChI is InChI=1S/C15H15ClF3N3O4S/c1-9(7-15(17,18)19)22-8-20-12(13(22)16)14(23)21-27(24,25)11-5-3-4-10(6-11)26-2/h3-6,8-9H,7H2,1-2H3,(H,21,23). The Morgan fingerprint density at radius 3 is 2.67 bits per heavy atom. The van der Waals surface area contributed by atoms with Crippen LogP contribution in [0.4, 0.5) is 13.2 Å². The number of carbonyl (C=O) groups excluding carboxylic acids is 1. The van der Waals surface area contributed by atoms with Crippen molar-refractivity contribution in [3.05, 3.63) is 41.4 Å². The molecule has 0 aliphatic heterocycles. The molecule has 0 fully saturated rings. The number of halogens is 4. The van der Waals surface area contributed by atoms with Crippen LogP contribution in [0.1, 0.15) is 29.9 Å². The first-order valence-electron chi connectivity index (χ1n) is 7.45. The highest BCUT2D eigenvalue weighted by atomic mass is 35.5. The fraction of sp³-hybridized carbons (Fsp3) is 0.333. The summed E-state index contributed by atoms with van der Waals surface area (Å²) in [6.45, 7) is 1.25. The number of carbonyl (C=O) groups is 1. The topological polar surface area (TPSA) is 90.3 Å². The molecule has 1 aromatic heterocycles. The molecule has 1 heterocycles. The summed E-state index contributed by atoms with van der Waals surface area (Å²) < 4.78 is 69.8. The van der Waals surface area contributed by atoms with E-state index in [-0.39, 0.29) is 10.6 Å². The first-order chi connectivity index (χ1) is 12.4. The van der Waals surface area contributed by atoms with Gasteiger partial charge in [-0.2, -0.15) is 13.2 Å². The Morgan fingerprint density at radius 2 is 2.07 bits per heavy atom. The van der Waals surface area contributed by atoms with Crippen LogP contribution in [0.15, 0.2) is 35.5 Å². The third-order valence-corrected chi connectivity index (χ3v) is 5.23. The van der Waals surface area contributed by atoms with Crippen molar-refractivity contribution in [1.29, 1.82) is 0 Å². The van der Waals surface area contributed by atoms with Crippen molar-refractivity contribution < 1.29 is 31.1 Å². The predicted octanol–water partition coefficient (Wildman–Crippen LogP) is 3.18. The van der Waals surface area contributed by atoms with Gasteiger partial charge in [-0.25, -0.2) is 18.1 Å². The van der Waals surface area contributed by atoms with Crippen LogP contribution in [0.25, 0.3) is 0 Å². The summed E-state index contributed by atoms with van der Waals surface area (Å²) in [5, 5.41) is -0.398. The zero-order valence-electron chi connectivity index (χ0n) is 14.1. The van der Waals surface area contributed by atoms with Gasteiger partial charge in [0.05, 0.1) is 24.8 Å². The monoisotopic (exact) mass is 425 g/mol. The van der Waals surface area contributed by atoms with Gasteiger partial charge >= 0.3 is 6.18 Å². The maximum Gasteiger partial charge on any atom is 0.391 e. The highest BCUT2D eigenvalue weighted by Crippen LogP contribution is 2.30. The number of amides is 1. The summed E-state index contributed by atoms with van der Waals surface area (Å²) in [7, 11) is -2.92. The summed E-state index contributed by atoms with van der Waals surface area (Å²) in [5.74, 6) is -0.908. The van der Waals surface area contributed by atoms with Gasteiger partial charge in [0.25, 0.3) is 15.9 Å². The maximum absolute atomic E-state index is 12.5. The van der Waals surface area contributed by atoms with E-state index in [0.29, 0.717) is 0 Å². The molecule has 148 valence electrons. The normalized spacial score (nSPS) is 13.3. The molecule has 0 radical (unpaired) electrons. The van der Waals surface area contributed by atoms with Crippen molar-refractivity contribution >= 4 is 27.5 Å². The number of hydrogen-bond donors (Lipinski definition) is 1. The Morgan fingerprint density at radius 1 is 1.41 bits per heavy atom. The number of imidazole rings is 1. The van der Waals surface area contributed by atoms with Crippen molar-refractivity contribution in [2.75, 3.05) is 7.11 Å². The Hall–Kier alpha value is -2.27. The first kappa shape index (κ1) is 21.0. The molecule has 27 heavy (non-hydrogen) atoms. The van der Waals surface area contributed by atoms with E-state index >= 15 is 0 Å². The molecular formula is C15H15ClF3N3O4S. The van der Waals surface area contributed by atoms with Crippen LogP contribution in [0.5, 0.6) is 5.75 Å². The van der Waals surface area contributed by atoms with Crippen LogP contribution in [0, 0.1) is 0 Å². The lowest BCUT2D eigenvalue weighted by molar-refractivity contribution is -0.141. The molecule has 1 unspecified atom stereocenters. The summed E-state index contributed by atoms with van der Waals surface area (Å²) in [5.41, 5.74) is -0.503. The SMILES string of the molecule is COc1cccc(S(=O)(=O)NC(=O)c2ncn(C(C)CC(F)(F)F)c2Cl)c1. The van der Waals surface area contributed by atoms with Crippen molar-refractivity contribution in [2.24, 2.45) is 0 Å². The fourth-order valence-electron chi connectivity index (χ4n) is 2.24. The summed E-state index contributed by atoms with van der Waals surface area (Å²) >= 11 is 5.92. The van der Waals surface area contributed by atoms with Crippen molar-refractivity contribution in [2.45, 2.75) is 30.5 Å². The van der Waals surface area contributed by atoms with Gasteiger partial charge in [-0.1, -0.05) is 17.7 Å². The first-order valence-corrected chi connectivity index (χ1v) is 9.31. The van der Waals surface area contributed by atoms with Crippen molar-refractivity contribution in [1.82, 2.24) is 14.3 Å². The van der Waals surface area contributed by atoms with E-state index in [1.54, 1.807) is 4.72 Å². The van der Waals surface area contributed by atoms with E-state index in [0.717, 1.165) is 10.9 Å². The van der Waals surface area contributed by atoms with Gasteiger partial charge in [0.2, 0.25) is 0 Å². The highest BCUT2D eigenvalue weighted by molar-refractivity contribution is 7.90. The quantitative estimate of drug-likeness (QED) is 0.767. The van der Waals surface area contributed by atoms with Gasteiger partial charge in [0.15, 0.2) is 5.69 Å². The van der Waals surface area contributed by atoms with Crippen LogP contribution in [-0.4, -0.2) is 37.2 Å². The van der Waals surface area contributed by atoms with Gasteiger partial charge in [0, 0.05) is 12.1 Å². The minimum Gasteiger partial charge on any atom is -0.497 e. The molecule has 1 aromatic carbocycles. The molecule has 1 atom stereocenters. The van der Waals surface area contributed by atoms with Crippen LogP contribution >= 0.6 is 11.6 Å². The zero-order valence-corrected chi connectivity index (χ0v) is 15.7. The van der Waals surface area contributed by atoms with E-state index in [1.165, 1.54) is 38.3 Å². The van der Waals surface area contributed by atoms with Crippen LogP contribution in [0.2, 0.25) is 5.15 Å². The molecule has 0 aliphatic carbocycles. The van der Waals surface area contributed by atoms with Crippen molar-refractivity contribution in [3.8, 4) is 5.75 Å². The number of nitrogens with one attached hydrogen (secondary N) is 1. The molecule has 2 rings (SSSR count). The zero-order chi connectivity index (χ0) is 20.4. The summed E-state index contributed by atoms with van der Waals surface area (Å²) in [4.78, 5) is 15.6. The largest absolute Gasteiger partial charge is 0.497 e. The molecule has 0 bridgehead atoms. The third kappa shape index (κ3) is 5.13. The van der Waals surface area contributed by atoms with E-state index in [4.69, 9.17) is 16.3 Å². The van der Waals surface area contributed by atoms with E-state index in [2.05, 4.69) is 4.98 Å². The summed E-state index contributed by atoms with van der Waals surface area (Å²) in [6, 6.07) is 4.24. The molecule has 7 nitrogen and oxygen atoms in total. The van der Waals surface area contributed by atoms with Crippen molar-refractivity contribution in [3.63, 3.8) is 0 Å². The number of benzene rings is 1.